The van der Waals surface area contributed by atoms with Gasteiger partial charge in [-0.1, -0.05) is 23.7 Å². The van der Waals surface area contributed by atoms with Gasteiger partial charge in [0.15, 0.2) is 5.70 Å². The number of esters is 1. The third kappa shape index (κ3) is 3.12. The molecule has 24 heavy (non-hydrogen) atoms. The van der Waals surface area contributed by atoms with Gasteiger partial charge in [-0.3, -0.25) is 0 Å². The molecule has 0 amide bonds. The average molecular weight is 344 g/mol. The molecule has 0 saturated carbocycles. The lowest BCUT2D eigenvalue weighted by atomic mass is 10.1. The zero-order chi connectivity index (χ0) is 17.1. The molecule has 0 spiro atoms. The van der Waals surface area contributed by atoms with E-state index in [2.05, 4.69) is 4.99 Å². The number of hydrogen-bond donors (Lipinski definition) is 0. The molecular weight excluding hydrogens is 330 g/mol. The molecule has 1 aliphatic heterocycles. The molecule has 1 heterocycles. The number of hydrogen-bond acceptors (Lipinski definition) is 5. The Morgan fingerprint density at radius 3 is 2.62 bits per heavy atom. The highest BCUT2D eigenvalue weighted by Crippen LogP contribution is 2.29. The number of ether oxygens (including phenoxy) is 3. The highest BCUT2D eigenvalue weighted by molar-refractivity contribution is 6.34. The Balaban J connectivity index is 2.02. The fraction of sp³-hybridized carbons (Fsp3) is 0.111. The van der Waals surface area contributed by atoms with Crippen LogP contribution in [0.15, 0.2) is 53.2 Å². The van der Waals surface area contributed by atoms with Gasteiger partial charge in [0.2, 0.25) is 5.90 Å². The van der Waals surface area contributed by atoms with Gasteiger partial charge in [0.1, 0.15) is 11.5 Å². The number of benzene rings is 2. The molecule has 0 fully saturated rings. The number of nitrogens with zero attached hydrogens (tertiary/aromatic N) is 1. The summed E-state index contributed by atoms with van der Waals surface area (Å²) < 4.78 is 15.7. The Morgan fingerprint density at radius 2 is 1.92 bits per heavy atom. The van der Waals surface area contributed by atoms with Crippen molar-refractivity contribution in [1.82, 2.24) is 0 Å². The van der Waals surface area contributed by atoms with E-state index in [1.807, 2.05) is 0 Å². The number of aliphatic imine (C=N–C) groups is 1. The highest BCUT2D eigenvalue weighted by atomic mass is 35.5. The summed E-state index contributed by atoms with van der Waals surface area (Å²) in [5.41, 5.74) is 1.39. The molecule has 0 atom stereocenters. The van der Waals surface area contributed by atoms with Crippen molar-refractivity contribution in [3.8, 4) is 11.5 Å². The minimum Gasteiger partial charge on any atom is -0.497 e. The van der Waals surface area contributed by atoms with E-state index in [-0.39, 0.29) is 11.6 Å². The fourth-order valence-corrected chi connectivity index (χ4v) is 2.48. The van der Waals surface area contributed by atoms with Crippen LogP contribution in [0.25, 0.3) is 6.08 Å². The van der Waals surface area contributed by atoms with Crippen molar-refractivity contribution in [2.75, 3.05) is 14.2 Å². The van der Waals surface area contributed by atoms with Gasteiger partial charge in [0, 0.05) is 5.56 Å². The van der Waals surface area contributed by atoms with Crippen molar-refractivity contribution in [2.45, 2.75) is 0 Å². The molecule has 2 aromatic rings. The SMILES string of the molecule is COc1ccc(OC)c(/C=C2/N=C(c3ccccc3Cl)OC2=O)c1. The summed E-state index contributed by atoms with van der Waals surface area (Å²) in [5.74, 6) is 0.871. The molecule has 5 nitrogen and oxygen atoms in total. The maximum absolute atomic E-state index is 12.1. The van der Waals surface area contributed by atoms with Crippen LogP contribution >= 0.6 is 11.6 Å². The largest absolute Gasteiger partial charge is 0.497 e. The third-order valence-electron chi connectivity index (χ3n) is 3.45. The Kier molecular flexibility index (Phi) is 4.53. The second-order valence-corrected chi connectivity index (χ2v) is 5.33. The first kappa shape index (κ1) is 16.1. The summed E-state index contributed by atoms with van der Waals surface area (Å²) in [6.07, 6.45) is 1.59. The molecular formula is C18H14ClNO4. The van der Waals surface area contributed by atoms with Gasteiger partial charge in [0.25, 0.3) is 0 Å². The van der Waals surface area contributed by atoms with E-state index >= 15 is 0 Å². The Labute approximate surface area is 144 Å². The van der Waals surface area contributed by atoms with Crippen molar-refractivity contribution in [2.24, 2.45) is 4.99 Å². The topological polar surface area (TPSA) is 57.1 Å². The lowest BCUT2D eigenvalue weighted by Gasteiger charge is -2.07. The summed E-state index contributed by atoms with van der Waals surface area (Å²) in [4.78, 5) is 16.4. The standard InChI is InChI=1S/C18H14ClNO4/c1-22-12-7-8-16(23-2)11(9-12)10-15-18(21)24-17(20-15)13-5-3-4-6-14(13)19/h3-10H,1-2H3/b15-10+. The van der Waals surface area contributed by atoms with E-state index in [1.54, 1.807) is 62.8 Å². The smallest absolute Gasteiger partial charge is 0.363 e. The van der Waals surface area contributed by atoms with Crippen LogP contribution in [0.4, 0.5) is 0 Å². The maximum Gasteiger partial charge on any atom is 0.363 e. The minimum absolute atomic E-state index is 0.163. The summed E-state index contributed by atoms with van der Waals surface area (Å²) in [5, 5.41) is 0.462. The van der Waals surface area contributed by atoms with Gasteiger partial charge in [-0.2, -0.15) is 0 Å². The molecule has 0 aromatic heterocycles. The number of methoxy groups -OCH3 is 2. The van der Waals surface area contributed by atoms with Gasteiger partial charge in [-0.25, -0.2) is 9.79 Å². The van der Waals surface area contributed by atoms with E-state index in [0.717, 1.165) is 0 Å². The van der Waals surface area contributed by atoms with Crippen LogP contribution < -0.4 is 9.47 Å². The Hall–Kier alpha value is -2.79. The third-order valence-corrected chi connectivity index (χ3v) is 3.78. The summed E-state index contributed by atoms with van der Waals surface area (Å²) in [6, 6.07) is 12.3. The number of cyclic esters (lactones) is 1. The molecule has 0 radical (unpaired) electrons. The molecule has 2 aromatic carbocycles. The molecule has 0 bridgehead atoms. The molecule has 1 aliphatic rings. The van der Waals surface area contributed by atoms with Crippen molar-refractivity contribution < 1.29 is 19.0 Å². The van der Waals surface area contributed by atoms with Crippen LogP contribution in [0.3, 0.4) is 0 Å². The van der Waals surface area contributed by atoms with Crippen molar-refractivity contribution in [3.63, 3.8) is 0 Å². The highest BCUT2D eigenvalue weighted by Gasteiger charge is 2.25. The molecule has 122 valence electrons. The monoisotopic (exact) mass is 343 g/mol. The molecule has 3 rings (SSSR count). The number of carbonyl (C=O) groups is 1. The molecule has 0 unspecified atom stereocenters. The van der Waals surface area contributed by atoms with E-state index in [4.69, 9.17) is 25.8 Å². The van der Waals surface area contributed by atoms with Gasteiger partial charge >= 0.3 is 5.97 Å². The summed E-state index contributed by atoms with van der Waals surface area (Å²) in [7, 11) is 3.12. The van der Waals surface area contributed by atoms with Gasteiger partial charge < -0.3 is 14.2 Å². The Morgan fingerprint density at radius 1 is 1.12 bits per heavy atom. The van der Waals surface area contributed by atoms with Gasteiger partial charge in [0.05, 0.1) is 24.8 Å². The van der Waals surface area contributed by atoms with E-state index in [1.165, 1.54) is 0 Å². The van der Waals surface area contributed by atoms with Crippen LogP contribution in [0.5, 0.6) is 11.5 Å². The second kappa shape index (κ2) is 6.76. The lowest BCUT2D eigenvalue weighted by Crippen LogP contribution is -2.05. The van der Waals surface area contributed by atoms with Crippen molar-refractivity contribution >= 4 is 29.5 Å². The van der Waals surface area contributed by atoms with Crippen LogP contribution in [-0.2, 0) is 9.53 Å². The number of rotatable bonds is 4. The normalized spacial score (nSPS) is 15.2. The molecule has 6 heteroatoms. The van der Waals surface area contributed by atoms with E-state index in [9.17, 15) is 4.79 Å². The predicted molar refractivity (Wildman–Crippen MR) is 91.6 cm³/mol. The van der Waals surface area contributed by atoms with Crippen LogP contribution in [0.2, 0.25) is 5.02 Å². The van der Waals surface area contributed by atoms with Crippen LogP contribution in [-0.4, -0.2) is 26.1 Å². The zero-order valence-electron chi connectivity index (χ0n) is 13.1. The van der Waals surface area contributed by atoms with Gasteiger partial charge in [-0.15, -0.1) is 0 Å². The number of halogens is 1. The maximum atomic E-state index is 12.1. The second-order valence-electron chi connectivity index (χ2n) is 4.92. The number of carbonyl (C=O) groups excluding carboxylic acids is 1. The molecule has 0 N–H and O–H groups in total. The summed E-state index contributed by atoms with van der Waals surface area (Å²) in [6.45, 7) is 0. The van der Waals surface area contributed by atoms with Crippen LogP contribution in [0.1, 0.15) is 11.1 Å². The zero-order valence-corrected chi connectivity index (χ0v) is 13.8. The first-order valence-corrected chi connectivity index (χ1v) is 7.49. The van der Waals surface area contributed by atoms with Gasteiger partial charge in [-0.05, 0) is 36.4 Å². The average Bonchev–Trinajstić information content (AvgIpc) is 2.95. The molecule has 0 aliphatic carbocycles. The van der Waals surface area contributed by atoms with E-state index < -0.39 is 5.97 Å². The van der Waals surface area contributed by atoms with Crippen molar-refractivity contribution in [3.05, 3.63) is 64.3 Å². The molecule has 0 saturated heterocycles. The first-order valence-electron chi connectivity index (χ1n) is 7.12. The summed E-state index contributed by atoms with van der Waals surface area (Å²) >= 11 is 6.12. The quantitative estimate of drug-likeness (QED) is 0.627. The predicted octanol–water partition coefficient (Wildman–Crippen LogP) is 3.70. The Bertz CT molecular complexity index is 858. The lowest BCUT2D eigenvalue weighted by molar-refractivity contribution is -0.129. The first-order chi connectivity index (χ1) is 11.6. The van der Waals surface area contributed by atoms with Crippen LogP contribution in [0, 0.1) is 0 Å². The van der Waals surface area contributed by atoms with E-state index in [0.29, 0.717) is 27.6 Å². The van der Waals surface area contributed by atoms with Crippen molar-refractivity contribution in [1.29, 1.82) is 0 Å². The minimum atomic E-state index is -0.546. The fourth-order valence-electron chi connectivity index (χ4n) is 2.26.